The first-order valence-corrected chi connectivity index (χ1v) is 16.7. The lowest BCUT2D eigenvalue weighted by atomic mass is 10.0. The molecule has 46 heavy (non-hydrogen) atoms. The van der Waals surface area contributed by atoms with Crippen molar-refractivity contribution in [1.29, 1.82) is 0 Å². The zero-order valence-corrected chi connectivity index (χ0v) is 27.8. The summed E-state index contributed by atoms with van der Waals surface area (Å²) < 4.78 is 11.1. The van der Waals surface area contributed by atoms with Gasteiger partial charge in [0.15, 0.2) is 5.82 Å². The number of carbonyl (C=O) groups excluding carboxylic acids is 3. The minimum atomic E-state index is -0.848. The molecule has 1 aliphatic heterocycles. The van der Waals surface area contributed by atoms with Crippen molar-refractivity contribution in [3.8, 4) is 0 Å². The Morgan fingerprint density at radius 1 is 1.07 bits per heavy atom. The first kappa shape index (κ1) is 33.2. The first-order valence-electron chi connectivity index (χ1n) is 16.7. The molecule has 2 fully saturated rings. The Hall–Kier alpha value is -4.15. The SMILES string of the molecule is CC[C@@H]1C(=O)N(C)c2cnc(Nc3ccc(C=CC[C@H](NC(=O)OC(C)(C)C)C(=O)OC4CCCC4)cc3)nc2N1C1CCCC1. The van der Waals surface area contributed by atoms with Crippen LogP contribution in [0.1, 0.15) is 97.5 Å². The highest BCUT2D eigenvalue weighted by atomic mass is 16.6. The Labute approximate surface area is 272 Å². The van der Waals surface area contributed by atoms with Crippen molar-refractivity contribution in [2.45, 2.75) is 122 Å². The summed E-state index contributed by atoms with van der Waals surface area (Å²) in [4.78, 5) is 51.9. The second-order valence-corrected chi connectivity index (χ2v) is 13.5. The fourth-order valence-corrected chi connectivity index (χ4v) is 6.51. The average molecular weight is 633 g/mol. The summed E-state index contributed by atoms with van der Waals surface area (Å²) in [6.07, 6.45) is 14.0. The zero-order valence-electron chi connectivity index (χ0n) is 27.8. The predicted octanol–water partition coefficient (Wildman–Crippen LogP) is 6.51. The van der Waals surface area contributed by atoms with E-state index in [4.69, 9.17) is 14.5 Å². The molecule has 1 aromatic carbocycles. The monoisotopic (exact) mass is 632 g/mol. The number of anilines is 4. The first-order chi connectivity index (χ1) is 22.0. The molecule has 2 aliphatic carbocycles. The second kappa shape index (κ2) is 14.5. The van der Waals surface area contributed by atoms with Crippen molar-refractivity contribution >= 4 is 47.2 Å². The minimum absolute atomic E-state index is 0.0903. The van der Waals surface area contributed by atoms with Gasteiger partial charge in [0.25, 0.3) is 0 Å². The minimum Gasteiger partial charge on any atom is -0.461 e. The van der Waals surface area contributed by atoms with Crippen molar-refractivity contribution in [2.24, 2.45) is 0 Å². The second-order valence-electron chi connectivity index (χ2n) is 13.5. The van der Waals surface area contributed by atoms with E-state index in [-0.39, 0.29) is 24.5 Å². The third-order valence-corrected chi connectivity index (χ3v) is 8.82. The van der Waals surface area contributed by atoms with Gasteiger partial charge < -0.3 is 29.9 Å². The largest absolute Gasteiger partial charge is 0.461 e. The smallest absolute Gasteiger partial charge is 0.408 e. The highest BCUT2D eigenvalue weighted by Crippen LogP contribution is 2.40. The lowest BCUT2D eigenvalue weighted by Gasteiger charge is -2.43. The quantitative estimate of drug-likeness (QED) is 0.282. The predicted molar refractivity (Wildman–Crippen MR) is 179 cm³/mol. The number of hydrogen-bond donors (Lipinski definition) is 2. The van der Waals surface area contributed by atoms with E-state index in [1.165, 1.54) is 12.8 Å². The van der Waals surface area contributed by atoms with E-state index in [1.54, 1.807) is 38.9 Å². The van der Waals surface area contributed by atoms with Gasteiger partial charge in [0, 0.05) is 18.8 Å². The van der Waals surface area contributed by atoms with Crippen LogP contribution in [0.4, 0.5) is 27.9 Å². The van der Waals surface area contributed by atoms with Crippen molar-refractivity contribution in [3.63, 3.8) is 0 Å². The lowest BCUT2D eigenvalue weighted by Crippen LogP contribution is -2.55. The van der Waals surface area contributed by atoms with Gasteiger partial charge in [0.2, 0.25) is 11.9 Å². The van der Waals surface area contributed by atoms with Crippen molar-refractivity contribution in [2.75, 3.05) is 22.2 Å². The Balaban J connectivity index is 1.25. The van der Waals surface area contributed by atoms with Crippen LogP contribution in [0.25, 0.3) is 6.08 Å². The summed E-state index contributed by atoms with van der Waals surface area (Å²) in [7, 11) is 1.80. The molecule has 2 aromatic rings. The van der Waals surface area contributed by atoms with Crippen LogP contribution in [-0.2, 0) is 19.1 Å². The molecule has 5 rings (SSSR count). The molecule has 0 unspecified atom stereocenters. The van der Waals surface area contributed by atoms with Gasteiger partial charge in [-0.25, -0.2) is 14.6 Å². The van der Waals surface area contributed by atoms with Gasteiger partial charge in [0.1, 0.15) is 29.5 Å². The van der Waals surface area contributed by atoms with Crippen LogP contribution < -0.4 is 20.4 Å². The summed E-state index contributed by atoms with van der Waals surface area (Å²) in [5.74, 6) is 0.921. The van der Waals surface area contributed by atoms with Gasteiger partial charge in [-0.2, -0.15) is 4.98 Å². The van der Waals surface area contributed by atoms with Crippen molar-refractivity contribution < 1.29 is 23.9 Å². The normalized spacial score (nSPS) is 19.8. The molecular formula is C35H48N6O5. The highest BCUT2D eigenvalue weighted by Gasteiger charge is 2.41. The molecule has 2 N–H and O–H groups in total. The summed E-state index contributed by atoms with van der Waals surface area (Å²) in [6.45, 7) is 7.39. The van der Waals surface area contributed by atoms with E-state index in [9.17, 15) is 14.4 Å². The third kappa shape index (κ3) is 8.16. The number of likely N-dealkylation sites (N-methyl/N-ethyl adjacent to an activating group) is 1. The van der Waals surface area contributed by atoms with Crippen LogP contribution in [-0.4, -0.2) is 64.8 Å². The number of hydrogen-bond acceptors (Lipinski definition) is 9. The maximum absolute atomic E-state index is 13.2. The van der Waals surface area contributed by atoms with Gasteiger partial charge >= 0.3 is 12.1 Å². The molecule has 0 radical (unpaired) electrons. The third-order valence-electron chi connectivity index (χ3n) is 8.82. The maximum atomic E-state index is 13.2. The number of alkyl carbamates (subject to hydrolysis) is 1. The average Bonchev–Trinajstić information content (AvgIpc) is 3.73. The van der Waals surface area contributed by atoms with E-state index in [1.807, 2.05) is 36.4 Å². The van der Waals surface area contributed by atoms with Crippen LogP contribution in [0, 0.1) is 0 Å². The summed E-state index contributed by atoms with van der Waals surface area (Å²) in [6, 6.07) is 7.01. The maximum Gasteiger partial charge on any atom is 0.408 e. The van der Waals surface area contributed by atoms with E-state index in [0.29, 0.717) is 12.0 Å². The molecule has 2 amide bonds. The number of fused-ring (bicyclic) bond motifs is 1. The molecule has 0 spiro atoms. The van der Waals surface area contributed by atoms with Crippen molar-refractivity contribution in [3.05, 3.63) is 42.1 Å². The van der Waals surface area contributed by atoms with Crippen LogP contribution in [0.2, 0.25) is 0 Å². The van der Waals surface area contributed by atoms with E-state index < -0.39 is 23.7 Å². The number of rotatable bonds is 10. The number of ether oxygens (including phenoxy) is 2. The summed E-state index contributed by atoms with van der Waals surface area (Å²) in [5.41, 5.74) is 1.80. The van der Waals surface area contributed by atoms with Gasteiger partial charge in [-0.3, -0.25) is 4.79 Å². The van der Waals surface area contributed by atoms with Crippen LogP contribution in [0.3, 0.4) is 0 Å². The highest BCUT2D eigenvalue weighted by molar-refractivity contribution is 6.04. The number of nitrogens with zero attached hydrogens (tertiary/aromatic N) is 4. The number of aromatic nitrogens is 2. The Morgan fingerprint density at radius 3 is 2.39 bits per heavy atom. The molecule has 248 valence electrons. The molecule has 11 nitrogen and oxygen atoms in total. The van der Waals surface area contributed by atoms with Crippen molar-refractivity contribution in [1.82, 2.24) is 15.3 Å². The molecule has 0 saturated heterocycles. The zero-order chi connectivity index (χ0) is 32.8. The molecule has 2 atom stereocenters. The Morgan fingerprint density at radius 2 is 1.74 bits per heavy atom. The van der Waals surface area contributed by atoms with Crippen LogP contribution in [0.5, 0.6) is 0 Å². The van der Waals surface area contributed by atoms with E-state index in [2.05, 4.69) is 27.4 Å². The Bertz CT molecular complexity index is 1410. The van der Waals surface area contributed by atoms with Gasteiger partial charge in [0.05, 0.1) is 6.20 Å². The van der Waals surface area contributed by atoms with Crippen LogP contribution >= 0.6 is 0 Å². The molecule has 0 bridgehead atoms. The molecule has 1 aromatic heterocycles. The Kier molecular flexibility index (Phi) is 10.5. The van der Waals surface area contributed by atoms with Gasteiger partial charge in [-0.1, -0.05) is 44.1 Å². The number of amides is 2. The number of esters is 1. The number of benzene rings is 1. The molecule has 2 saturated carbocycles. The molecular weight excluding hydrogens is 584 g/mol. The van der Waals surface area contributed by atoms with Gasteiger partial charge in [-0.15, -0.1) is 0 Å². The van der Waals surface area contributed by atoms with Gasteiger partial charge in [-0.05, 0) is 89.8 Å². The fraction of sp³-hybridized carbons (Fsp3) is 0.571. The van der Waals surface area contributed by atoms with E-state index in [0.717, 1.165) is 67.7 Å². The lowest BCUT2D eigenvalue weighted by molar-refractivity contribution is -0.151. The van der Waals surface area contributed by atoms with Crippen LogP contribution in [0.15, 0.2) is 36.5 Å². The summed E-state index contributed by atoms with van der Waals surface area (Å²) >= 11 is 0. The molecule has 3 aliphatic rings. The fourth-order valence-electron chi connectivity index (χ4n) is 6.51. The molecule has 2 heterocycles. The number of carbonyl (C=O) groups is 3. The molecule has 11 heteroatoms. The van der Waals surface area contributed by atoms with E-state index >= 15 is 0 Å². The topological polar surface area (TPSA) is 126 Å². The number of nitrogens with one attached hydrogen (secondary N) is 2. The standard InChI is InChI=1S/C35H48N6O5/c1-6-28-31(42)40(5)29-22-36-33(39-30(29)41(28)25-13-7-8-14-25)37-24-20-18-23(19-21-24)12-11-17-27(38-34(44)46-35(2,3)4)32(43)45-26-15-9-10-16-26/h11-12,18-22,25-28H,6-10,13-17H2,1-5H3,(H,38,44)(H,36,37,39)/t27-,28+/m0/s1. The summed E-state index contributed by atoms with van der Waals surface area (Å²) in [5, 5.41) is 6.00.